The number of alkyl halides is 3. The number of hydrogen-bond acceptors (Lipinski definition) is 9. The van der Waals surface area contributed by atoms with Crippen molar-refractivity contribution in [2.75, 3.05) is 33.0 Å². The SMILES string of the molecule is COc1cc(CC(=O)O)ccc1OC1CCN(CC(O)(c2cn(Cc3ccc(S(C)(=O)=O)cc3)c3cc([N+](=O)[O-])ccc23)C(F)(F)F)CC1. The molecule has 0 bridgehead atoms. The van der Waals surface area contributed by atoms with Crippen molar-refractivity contribution >= 4 is 32.4 Å². The summed E-state index contributed by atoms with van der Waals surface area (Å²) in [5, 5.41) is 32.1. The van der Waals surface area contributed by atoms with Gasteiger partial charge in [-0.15, -0.1) is 0 Å². The molecule has 4 aromatic rings. The normalized spacial score (nSPS) is 16.0. The lowest BCUT2D eigenvalue weighted by atomic mass is 9.91. The number of carbonyl (C=O) groups is 1. The van der Waals surface area contributed by atoms with Crippen LogP contribution in [0.5, 0.6) is 11.5 Å². The zero-order chi connectivity index (χ0) is 35.7. The number of fused-ring (bicyclic) bond motifs is 1. The number of piperidine rings is 1. The number of ether oxygens (including phenoxy) is 2. The molecular formula is C33H34F3N3O9S. The number of sulfone groups is 1. The monoisotopic (exact) mass is 705 g/mol. The quantitative estimate of drug-likeness (QED) is 0.153. The van der Waals surface area contributed by atoms with Crippen LogP contribution in [0.25, 0.3) is 10.9 Å². The average molecular weight is 706 g/mol. The summed E-state index contributed by atoms with van der Waals surface area (Å²) < 4.78 is 81.3. The first-order valence-corrected chi connectivity index (χ1v) is 17.0. The Morgan fingerprint density at radius 3 is 2.24 bits per heavy atom. The fourth-order valence-electron chi connectivity index (χ4n) is 6.00. The van der Waals surface area contributed by atoms with E-state index in [-0.39, 0.29) is 53.6 Å². The molecule has 1 saturated heterocycles. The van der Waals surface area contributed by atoms with E-state index in [1.807, 2.05) is 0 Å². The molecule has 16 heteroatoms. The topological polar surface area (TPSA) is 161 Å². The summed E-state index contributed by atoms with van der Waals surface area (Å²) in [6.07, 6.45) is -2.89. The molecule has 1 unspecified atom stereocenters. The van der Waals surface area contributed by atoms with Gasteiger partial charge in [-0.25, -0.2) is 8.42 Å². The van der Waals surface area contributed by atoms with E-state index in [0.717, 1.165) is 24.6 Å². The van der Waals surface area contributed by atoms with E-state index in [9.17, 15) is 41.6 Å². The molecule has 3 aromatic carbocycles. The van der Waals surface area contributed by atoms with Crippen LogP contribution in [0, 0.1) is 10.1 Å². The van der Waals surface area contributed by atoms with Crippen LogP contribution < -0.4 is 9.47 Å². The number of aliphatic carboxylic acids is 1. The minimum Gasteiger partial charge on any atom is -0.493 e. The molecule has 5 rings (SSSR count). The highest BCUT2D eigenvalue weighted by Crippen LogP contribution is 2.44. The van der Waals surface area contributed by atoms with Gasteiger partial charge in [-0.3, -0.25) is 19.8 Å². The Bertz CT molecular complexity index is 1970. The van der Waals surface area contributed by atoms with Gasteiger partial charge in [0.2, 0.25) is 5.60 Å². The molecular weight excluding hydrogens is 671 g/mol. The molecule has 1 atom stereocenters. The Morgan fingerprint density at radius 2 is 1.67 bits per heavy atom. The molecule has 0 amide bonds. The molecule has 262 valence electrons. The van der Waals surface area contributed by atoms with Crippen LogP contribution in [0.2, 0.25) is 0 Å². The van der Waals surface area contributed by atoms with E-state index in [4.69, 9.17) is 14.6 Å². The zero-order valence-electron chi connectivity index (χ0n) is 26.5. The highest BCUT2D eigenvalue weighted by molar-refractivity contribution is 7.90. The number of hydrogen-bond donors (Lipinski definition) is 2. The lowest BCUT2D eigenvalue weighted by molar-refractivity contribution is -0.384. The predicted octanol–water partition coefficient (Wildman–Crippen LogP) is 4.93. The standard InChI is InChI=1S/C33H34F3N3O9S/c1-47-30-15-22(16-31(40)41)5-10-29(30)48-24-11-13-37(14-12-24)20-32(42,33(34,35)36)27-19-38(28-17-23(39(43)44)6-9-26(27)28)18-21-3-7-25(8-4-21)49(2,45)46/h3-10,15,17,19,24,42H,11-14,16,18,20H2,1-2H3,(H,40,41). The third-order valence-corrected chi connectivity index (χ3v) is 9.69. The van der Waals surface area contributed by atoms with Gasteiger partial charge in [-0.05, 0) is 54.3 Å². The summed E-state index contributed by atoms with van der Waals surface area (Å²) in [4.78, 5) is 23.5. The van der Waals surface area contributed by atoms with Crippen molar-refractivity contribution in [1.29, 1.82) is 0 Å². The largest absolute Gasteiger partial charge is 0.493 e. The Hall–Kier alpha value is -4.67. The number of nitro benzene ring substituents is 1. The Kier molecular flexibility index (Phi) is 9.95. The number of nitro groups is 1. The highest BCUT2D eigenvalue weighted by atomic mass is 32.2. The first kappa shape index (κ1) is 35.6. The second kappa shape index (κ2) is 13.7. The maximum Gasteiger partial charge on any atom is 0.422 e. The number of methoxy groups -OCH3 is 1. The van der Waals surface area contributed by atoms with E-state index in [2.05, 4.69) is 0 Å². The molecule has 0 spiro atoms. The number of benzene rings is 3. The van der Waals surface area contributed by atoms with E-state index < -0.39 is 44.6 Å². The van der Waals surface area contributed by atoms with Gasteiger partial charge in [0.15, 0.2) is 21.3 Å². The number of likely N-dealkylation sites (tertiary alicyclic amines) is 1. The predicted molar refractivity (Wildman–Crippen MR) is 172 cm³/mol. The number of β-amino-alcohol motifs (C(OH)–C–C–N with tert-alkyl or cyclic N) is 1. The van der Waals surface area contributed by atoms with E-state index in [0.29, 0.717) is 35.5 Å². The maximum absolute atomic E-state index is 14.9. The molecule has 0 radical (unpaired) electrons. The molecule has 2 N–H and O–H groups in total. The lowest BCUT2D eigenvalue weighted by Crippen LogP contribution is -2.53. The number of aliphatic hydroxyl groups is 1. The number of halogens is 3. The zero-order valence-corrected chi connectivity index (χ0v) is 27.3. The Balaban J connectivity index is 1.40. The minimum atomic E-state index is -5.14. The number of carboxylic acids is 1. The lowest BCUT2D eigenvalue weighted by Gasteiger charge is -2.39. The summed E-state index contributed by atoms with van der Waals surface area (Å²) in [7, 11) is -2.08. The molecule has 1 fully saturated rings. The summed E-state index contributed by atoms with van der Waals surface area (Å²) in [5.74, 6) is -0.306. The van der Waals surface area contributed by atoms with Crippen LogP contribution in [0.3, 0.4) is 0 Å². The fraction of sp³-hybridized carbons (Fsp3) is 0.364. The van der Waals surface area contributed by atoms with Gasteiger partial charge in [-0.2, -0.15) is 13.2 Å². The number of rotatable bonds is 12. The number of nitrogens with zero attached hydrogens (tertiary/aromatic N) is 3. The molecule has 1 aliphatic heterocycles. The molecule has 1 aromatic heterocycles. The third kappa shape index (κ3) is 7.81. The summed E-state index contributed by atoms with van der Waals surface area (Å²) in [6.45, 7) is -0.562. The summed E-state index contributed by atoms with van der Waals surface area (Å²) in [5.41, 5.74) is -3.05. The Morgan fingerprint density at radius 1 is 1.02 bits per heavy atom. The molecule has 49 heavy (non-hydrogen) atoms. The van der Waals surface area contributed by atoms with Gasteiger partial charge in [0.05, 0.1) is 28.9 Å². The van der Waals surface area contributed by atoms with Crippen molar-refractivity contribution in [2.24, 2.45) is 0 Å². The number of non-ortho nitro benzene ring substituents is 1. The molecule has 1 aliphatic rings. The fourth-order valence-corrected chi connectivity index (χ4v) is 6.63. The van der Waals surface area contributed by atoms with Gasteiger partial charge in [-0.1, -0.05) is 18.2 Å². The van der Waals surface area contributed by atoms with Crippen molar-refractivity contribution in [3.63, 3.8) is 0 Å². The number of carboxylic acid groups (broad SMARTS) is 1. The van der Waals surface area contributed by atoms with Crippen LogP contribution in [0.15, 0.2) is 71.8 Å². The molecule has 2 heterocycles. The van der Waals surface area contributed by atoms with Crippen molar-refractivity contribution in [2.45, 2.75) is 48.6 Å². The summed E-state index contributed by atoms with van der Waals surface area (Å²) >= 11 is 0. The molecule has 12 nitrogen and oxygen atoms in total. The number of aromatic nitrogens is 1. The Labute approximate surface area is 279 Å². The van der Waals surface area contributed by atoms with Crippen molar-refractivity contribution < 1.29 is 51.0 Å². The van der Waals surface area contributed by atoms with Crippen LogP contribution in [0.4, 0.5) is 18.9 Å². The van der Waals surface area contributed by atoms with Gasteiger partial charge >= 0.3 is 12.1 Å². The van der Waals surface area contributed by atoms with Crippen LogP contribution in [-0.4, -0.2) is 84.3 Å². The maximum atomic E-state index is 14.9. The van der Waals surface area contributed by atoms with Gasteiger partial charge in [0.1, 0.15) is 6.10 Å². The summed E-state index contributed by atoms with van der Waals surface area (Å²) in [6, 6.07) is 13.9. The van der Waals surface area contributed by atoms with Crippen LogP contribution in [-0.2, 0) is 33.2 Å². The van der Waals surface area contributed by atoms with E-state index in [1.165, 1.54) is 46.9 Å². The highest BCUT2D eigenvalue weighted by Gasteiger charge is 2.57. The van der Waals surface area contributed by atoms with Crippen molar-refractivity contribution in [3.05, 3.63) is 93.7 Å². The third-order valence-electron chi connectivity index (χ3n) is 8.56. The van der Waals surface area contributed by atoms with E-state index >= 15 is 0 Å². The van der Waals surface area contributed by atoms with Gasteiger partial charge in [0.25, 0.3) is 5.69 Å². The van der Waals surface area contributed by atoms with Gasteiger partial charge in [0, 0.05) is 61.7 Å². The first-order valence-electron chi connectivity index (χ1n) is 15.1. The van der Waals surface area contributed by atoms with E-state index in [1.54, 1.807) is 18.2 Å². The second-order valence-electron chi connectivity index (χ2n) is 12.1. The molecule has 0 aliphatic carbocycles. The van der Waals surface area contributed by atoms with Crippen molar-refractivity contribution in [1.82, 2.24) is 9.47 Å². The van der Waals surface area contributed by atoms with Crippen LogP contribution >= 0.6 is 0 Å². The minimum absolute atomic E-state index is 0.0187. The molecule has 0 saturated carbocycles. The van der Waals surface area contributed by atoms with Crippen molar-refractivity contribution in [3.8, 4) is 11.5 Å². The van der Waals surface area contributed by atoms with Crippen LogP contribution in [0.1, 0.15) is 29.5 Å². The van der Waals surface area contributed by atoms with Gasteiger partial charge < -0.3 is 24.3 Å². The average Bonchev–Trinajstić information content (AvgIpc) is 3.39. The second-order valence-corrected chi connectivity index (χ2v) is 14.1. The smallest absolute Gasteiger partial charge is 0.422 e. The first-order chi connectivity index (χ1) is 23.0.